The standard InChI is InChI=1S/C18H25NO4/c1-3-5-11-21-16-10-8-7-9-14(16)17-19-15(13-23-17)18(20)22-12-6-4-2/h7-10,15H,3-6,11-13H2,1-2H3. The Morgan fingerprint density at radius 3 is 2.74 bits per heavy atom. The zero-order valence-electron chi connectivity index (χ0n) is 13.9. The van der Waals surface area contributed by atoms with E-state index >= 15 is 0 Å². The molecule has 1 aromatic carbocycles. The molecule has 2 rings (SSSR count). The van der Waals surface area contributed by atoms with E-state index in [0.717, 1.165) is 37.0 Å². The van der Waals surface area contributed by atoms with E-state index in [0.29, 0.717) is 19.1 Å². The van der Waals surface area contributed by atoms with Crippen LogP contribution in [0.1, 0.15) is 45.1 Å². The third-order valence-corrected chi connectivity index (χ3v) is 3.54. The van der Waals surface area contributed by atoms with Gasteiger partial charge in [0, 0.05) is 0 Å². The Labute approximate surface area is 137 Å². The lowest BCUT2D eigenvalue weighted by molar-refractivity contribution is -0.145. The van der Waals surface area contributed by atoms with E-state index in [2.05, 4.69) is 18.8 Å². The van der Waals surface area contributed by atoms with Gasteiger partial charge < -0.3 is 14.2 Å². The first-order chi connectivity index (χ1) is 11.3. The third-order valence-electron chi connectivity index (χ3n) is 3.54. The first-order valence-corrected chi connectivity index (χ1v) is 8.35. The van der Waals surface area contributed by atoms with Crippen LogP contribution in [0.3, 0.4) is 0 Å². The fraction of sp³-hybridized carbons (Fsp3) is 0.556. The third kappa shape index (κ3) is 4.98. The summed E-state index contributed by atoms with van der Waals surface area (Å²) in [6, 6.07) is 7.03. The zero-order chi connectivity index (χ0) is 16.5. The smallest absolute Gasteiger partial charge is 0.334 e. The molecule has 0 amide bonds. The number of hydrogen-bond acceptors (Lipinski definition) is 5. The van der Waals surface area contributed by atoms with Crippen molar-refractivity contribution in [3.8, 4) is 5.75 Å². The van der Waals surface area contributed by atoms with Crippen LogP contribution in [0.25, 0.3) is 0 Å². The van der Waals surface area contributed by atoms with Gasteiger partial charge in [-0.1, -0.05) is 38.8 Å². The largest absolute Gasteiger partial charge is 0.493 e. The molecule has 5 heteroatoms. The van der Waals surface area contributed by atoms with Crippen molar-refractivity contribution in [2.45, 2.75) is 45.6 Å². The molecule has 0 N–H and O–H groups in total. The van der Waals surface area contributed by atoms with Crippen molar-refractivity contribution in [3.05, 3.63) is 29.8 Å². The van der Waals surface area contributed by atoms with E-state index in [1.165, 1.54) is 0 Å². The molecule has 0 radical (unpaired) electrons. The van der Waals surface area contributed by atoms with Gasteiger partial charge in [-0.3, -0.25) is 0 Å². The fourth-order valence-corrected chi connectivity index (χ4v) is 2.15. The van der Waals surface area contributed by atoms with Crippen molar-refractivity contribution in [1.29, 1.82) is 0 Å². The van der Waals surface area contributed by atoms with Crippen LogP contribution in [0.4, 0.5) is 0 Å². The van der Waals surface area contributed by atoms with Crippen LogP contribution in [0, 0.1) is 0 Å². The molecular weight excluding hydrogens is 294 g/mol. The van der Waals surface area contributed by atoms with E-state index in [4.69, 9.17) is 14.2 Å². The molecule has 1 heterocycles. The van der Waals surface area contributed by atoms with E-state index in [9.17, 15) is 4.79 Å². The van der Waals surface area contributed by atoms with E-state index in [1.54, 1.807) is 0 Å². The molecule has 0 spiro atoms. The molecule has 1 aliphatic rings. The topological polar surface area (TPSA) is 57.1 Å². The maximum absolute atomic E-state index is 12.0. The molecular formula is C18H25NO4. The number of carbonyl (C=O) groups is 1. The van der Waals surface area contributed by atoms with Gasteiger partial charge in [0.2, 0.25) is 5.90 Å². The summed E-state index contributed by atoms with van der Waals surface area (Å²) in [5, 5.41) is 0. The minimum Gasteiger partial charge on any atom is -0.493 e. The number of hydrogen-bond donors (Lipinski definition) is 0. The Balaban J connectivity index is 2.01. The average molecular weight is 319 g/mol. The quantitative estimate of drug-likeness (QED) is 0.517. The highest BCUT2D eigenvalue weighted by atomic mass is 16.5. The van der Waals surface area contributed by atoms with Gasteiger partial charge in [-0.15, -0.1) is 0 Å². The molecule has 1 unspecified atom stereocenters. The second-order valence-corrected chi connectivity index (χ2v) is 5.48. The monoisotopic (exact) mass is 319 g/mol. The molecule has 126 valence electrons. The lowest BCUT2D eigenvalue weighted by Crippen LogP contribution is -2.23. The highest BCUT2D eigenvalue weighted by Crippen LogP contribution is 2.23. The Kier molecular flexibility index (Phi) is 6.91. The van der Waals surface area contributed by atoms with Crippen molar-refractivity contribution in [2.75, 3.05) is 19.8 Å². The van der Waals surface area contributed by atoms with E-state index in [-0.39, 0.29) is 12.6 Å². The maximum Gasteiger partial charge on any atom is 0.334 e. The predicted octanol–water partition coefficient (Wildman–Crippen LogP) is 3.35. The van der Waals surface area contributed by atoms with Crippen LogP contribution >= 0.6 is 0 Å². The number of esters is 1. The molecule has 0 aliphatic carbocycles. The highest BCUT2D eigenvalue weighted by Gasteiger charge is 2.29. The van der Waals surface area contributed by atoms with Crippen LogP contribution in [-0.4, -0.2) is 37.7 Å². The Morgan fingerprint density at radius 2 is 1.96 bits per heavy atom. The summed E-state index contributed by atoms with van der Waals surface area (Å²) in [6.45, 7) is 5.49. The normalized spacial score (nSPS) is 16.6. The second-order valence-electron chi connectivity index (χ2n) is 5.48. The van der Waals surface area contributed by atoms with Gasteiger partial charge in [0.15, 0.2) is 6.04 Å². The summed E-state index contributed by atoms with van der Waals surface area (Å²) in [6.07, 6.45) is 3.93. The molecule has 0 bridgehead atoms. The van der Waals surface area contributed by atoms with Crippen LogP contribution < -0.4 is 4.74 Å². The Morgan fingerprint density at radius 1 is 1.22 bits per heavy atom. The summed E-state index contributed by atoms with van der Waals surface area (Å²) in [4.78, 5) is 16.3. The number of benzene rings is 1. The first kappa shape index (κ1) is 17.3. The van der Waals surface area contributed by atoms with Crippen LogP contribution in [-0.2, 0) is 14.3 Å². The molecule has 0 aromatic heterocycles. The van der Waals surface area contributed by atoms with E-state index < -0.39 is 6.04 Å². The molecule has 23 heavy (non-hydrogen) atoms. The SMILES string of the molecule is CCCCOC(=O)C1COC(c2ccccc2OCCCC)=N1. The maximum atomic E-state index is 12.0. The predicted molar refractivity (Wildman–Crippen MR) is 89.0 cm³/mol. The van der Waals surface area contributed by atoms with Gasteiger partial charge in [-0.2, -0.15) is 0 Å². The van der Waals surface area contributed by atoms with Crippen molar-refractivity contribution < 1.29 is 19.0 Å². The van der Waals surface area contributed by atoms with E-state index in [1.807, 2.05) is 24.3 Å². The summed E-state index contributed by atoms with van der Waals surface area (Å²) >= 11 is 0. The summed E-state index contributed by atoms with van der Waals surface area (Å²) in [7, 11) is 0. The molecule has 1 atom stereocenters. The van der Waals surface area contributed by atoms with Crippen LogP contribution in [0.2, 0.25) is 0 Å². The average Bonchev–Trinajstić information content (AvgIpc) is 3.06. The summed E-state index contributed by atoms with van der Waals surface area (Å²) in [5.41, 5.74) is 0.785. The first-order valence-electron chi connectivity index (χ1n) is 8.35. The van der Waals surface area contributed by atoms with Crippen LogP contribution in [0.15, 0.2) is 29.3 Å². The zero-order valence-corrected chi connectivity index (χ0v) is 13.9. The van der Waals surface area contributed by atoms with Crippen molar-refractivity contribution in [3.63, 3.8) is 0 Å². The number of aliphatic imine (C=N–C) groups is 1. The van der Waals surface area contributed by atoms with Gasteiger partial charge in [0.1, 0.15) is 12.4 Å². The molecule has 0 saturated heterocycles. The van der Waals surface area contributed by atoms with Gasteiger partial charge in [-0.25, -0.2) is 9.79 Å². The minimum absolute atomic E-state index is 0.226. The van der Waals surface area contributed by atoms with Crippen molar-refractivity contribution >= 4 is 11.9 Å². The van der Waals surface area contributed by atoms with Crippen molar-refractivity contribution in [1.82, 2.24) is 0 Å². The number of ether oxygens (including phenoxy) is 3. The number of carbonyl (C=O) groups excluding carboxylic acids is 1. The molecule has 1 aliphatic heterocycles. The van der Waals surface area contributed by atoms with Gasteiger partial charge in [0.05, 0.1) is 18.8 Å². The molecule has 1 aromatic rings. The van der Waals surface area contributed by atoms with Gasteiger partial charge in [-0.05, 0) is 25.0 Å². The van der Waals surface area contributed by atoms with Crippen LogP contribution in [0.5, 0.6) is 5.75 Å². The Hall–Kier alpha value is -2.04. The molecule has 0 fully saturated rings. The lowest BCUT2D eigenvalue weighted by atomic mass is 10.2. The Bertz CT molecular complexity index is 542. The van der Waals surface area contributed by atoms with Gasteiger partial charge >= 0.3 is 5.97 Å². The fourth-order valence-electron chi connectivity index (χ4n) is 2.15. The highest BCUT2D eigenvalue weighted by molar-refractivity contribution is 5.99. The molecule has 0 saturated carbocycles. The minimum atomic E-state index is -0.578. The molecule has 5 nitrogen and oxygen atoms in total. The number of rotatable bonds is 9. The summed E-state index contributed by atoms with van der Waals surface area (Å²) in [5.74, 6) is 0.868. The lowest BCUT2D eigenvalue weighted by Gasteiger charge is -2.10. The van der Waals surface area contributed by atoms with Gasteiger partial charge in [0.25, 0.3) is 0 Å². The number of para-hydroxylation sites is 1. The number of unbranched alkanes of at least 4 members (excludes halogenated alkanes) is 2. The second kappa shape index (κ2) is 9.18. The number of nitrogens with zero attached hydrogens (tertiary/aromatic N) is 1. The summed E-state index contributed by atoms with van der Waals surface area (Å²) < 4.78 is 16.6. The van der Waals surface area contributed by atoms with Crippen molar-refractivity contribution in [2.24, 2.45) is 4.99 Å².